The van der Waals surface area contributed by atoms with Gasteiger partial charge >= 0.3 is 0 Å². The Balaban J connectivity index is 2.15. The van der Waals surface area contributed by atoms with Gasteiger partial charge in [-0.15, -0.1) is 0 Å². The van der Waals surface area contributed by atoms with E-state index in [9.17, 15) is 4.39 Å². The number of methoxy groups -OCH3 is 2. The highest BCUT2D eigenvalue weighted by Gasteiger charge is 2.12. The summed E-state index contributed by atoms with van der Waals surface area (Å²) in [5, 5.41) is 5.55. The first-order valence-electron chi connectivity index (χ1n) is 6.19. The molecule has 0 radical (unpaired) electrons. The van der Waals surface area contributed by atoms with Crippen molar-refractivity contribution in [3.63, 3.8) is 0 Å². The molecule has 0 aliphatic heterocycles. The van der Waals surface area contributed by atoms with E-state index in [1.54, 1.807) is 37.6 Å². The van der Waals surface area contributed by atoms with Crippen molar-refractivity contribution in [3.8, 4) is 17.2 Å². The number of benzene rings is 2. The number of fused-ring (bicyclic) bond motifs is 1. The molecule has 1 aromatic heterocycles. The molecular formula is C15H12ClFN2O2. The van der Waals surface area contributed by atoms with Crippen LogP contribution in [0.15, 0.2) is 36.5 Å². The molecule has 0 aliphatic rings. The number of hydrogen-bond acceptors (Lipinski definition) is 3. The van der Waals surface area contributed by atoms with Crippen molar-refractivity contribution in [2.75, 3.05) is 14.2 Å². The third kappa shape index (κ3) is 2.40. The molecule has 6 heteroatoms. The largest absolute Gasteiger partial charge is 0.497 e. The molecule has 2 aromatic carbocycles. The van der Waals surface area contributed by atoms with Gasteiger partial charge in [-0.25, -0.2) is 9.07 Å². The Kier molecular flexibility index (Phi) is 3.43. The Labute approximate surface area is 125 Å². The Morgan fingerprint density at radius 2 is 1.86 bits per heavy atom. The van der Waals surface area contributed by atoms with Crippen LogP contribution in [0.1, 0.15) is 0 Å². The van der Waals surface area contributed by atoms with Crippen molar-refractivity contribution >= 4 is 22.5 Å². The molecule has 3 rings (SSSR count). The lowest BCUT2D eigenvalue weighted by atomic mass is 10.2. The summed E-state index contributed by atoms with van der Waals surface area (Å²) in [7, 11) is 3.05. The maximum atomic E-state index is 14.1. The van der Waals surface area contributed by atoms with E-state index >= 15 is 0 Å². The van der Waals surface area contributed by atoms with Gasteiger partial charge < -0.3 is 9.47 Å². The van der Waals surface area contributed by atoms with Crippen LogP contribution in [0, 0.1) is 5.82 Å². The third-order valence-electron chi connectivity index (χ3n) is 3.17. The van der Waals surface area contributed by atoms with Gasteiger partial charge in [0.15, 0.2) is 5.82 Å². The zero-order valence-electron chi connectivity index (χ0n) is 11.4. The average molecular weight is 307 g/mol. The molecule has 1 heterocycles. The molecule has 0 spiro atoms. The van der Waals surface area contributed by atoms with Crippen LogP contribution in [0.5, 0.6) is 11.5 Å². The van der Waals surface area contributed by atoms with Gasteiger partial charge in [0.2, 0.25) is 0 Å². The van der Waals surface area contributed by atoms with Gasteiger partial charge in [0.1, 0.15) is 22.7 Å². The SMILES string of the molecule is COc1ccc(-n2cc3cc(OC)cc(Cl)c3n2)c(F)c1. The van der Waals surface area contributed by atoms with Crippen molar-refractivity contribution in [1.29, 1.82) is 0 Å². The van der Waals surface area contributed by atoms with Crippen LogP contribution in [-0.2, 0) is 0 Å². The molecule has 21 heavy (non-hydrogen) atoms. The van der Waals surface area contributed by atoms with Crippen LogP contribution in [0.3, 0.4) is 0 Å². The van der Waals surface area contributed by atoms with E-state index in [-0.39, 0.29) is 0 Å². The molecule has 0 N–H and O–H groups in total. The molecule has 0 saturated heterocycles. The van der Waals surface area contributed by atoms with Crippen molar-refractivity contribution in [2.24, 2.45) is 0 Å². The van der Waals surface area contributed by atoms with Crippen molar-refractivity contribution < 1.29 is 13.9 Å². The van der Waals surface area contributed by atoms with E-state index in [4.69, 9.17) is 21.1 Å². The minimum atomic E-state index is -0.426. The second-order valence-corrected chi connectivity index (χ2v) is 4.85. The van der Waals surface area contributed by atoms with Crippen LogP contribution in [-0.4, -0.2) is 24.0 Å². The molecule has 0 unspecified atom stereocenters. The average Bonchev–Trinajstić information content (AvgIpc) is 2.91. The van der Waals surface area contributed by atoms with E-state index in [1.165, 1.54) is 17.9 Å². The fourth-order valence-corrected chi connectivity index (χ4v) is 2.36. The zero-order valence-corrected chi connectivity index (χ0v) is 12.2. The van der Waals surface area contributed by atoms with Crippen LogP contribution >= 0.6 is 11.6 Å². The van der Waals surface area contributed by atoms with Gasteiger partial charge in [-0.1, -0.05) is 11.6 Å². The lowest BCUT2D eigenvalue weighted by molar-refractivity contribution is 0.411. The van der Waals surface area contributed by atoms with E-state index < -0.39 is 5.82 Å². The van der Waals surface area contributed by atoms with E-state index in [2.05, 4.69) is 5.10 Å². The third-order valence-corrected chi connectivity index (χ3v) is 3.46. The first-order valence-corrected chi connectivity index (χ1v) is 6.57. The lowest BCUT2D eigenvalue weighted by Gasteiger charge is -2.05. The van der Waals surface area contributed by atoms with Gasteiger partial charge in [0, 0.05) is 23.7 Å². The molecule has 0 fully saturated rings. The highest BCUT2D eigenvalue weighted by atomic mass is 35.5. The van der Waals surface area contributed by atoms with Crippen LogP contribution in [0.2, 0.25) is 5.02 Å². The number of rotatable bonds is 3. The van der Waals surface area contributed by atoms with Crippen LogP contribution < -0.4 is 9.47 Å². The summed E-state index contributed by atoms with van der Waals surface area (Å²) < 4.78 is 25.7. The van der Waals surface area contributed by atoms with Gasteiger partial charge in [-0.3, -0.25) is 0 Å². The minimum absolute atomic E-state index is 0.321. The Bertz CT molecular complexity index is 817. The number of aromatic nitrogens is 2. The van der Waals surface area contributed by atoms with Gasteiger partial charge in [-0.2, -0.15) is 5.10 Å². The minimum Gasteiger partial charge on any atom is -0.497 e. The van der Waals surface area contributed by atoms with Crippen LogP contribution in [0.25, 0.3) is 16.6 Å². The molecule has 0 amide bonds. The predicted octanol–water partition coefficient (Wildman–Crippen LogP) is 3.84. The molecular weight excluding hydrogens is 295 g/mol. The normalized spacial score (nSPS) is 10.9. The fourth-order valence-electron chi connectivity index (χ4n) is 2.11. The first kappa shape index (κ1) is 13.7. The van der Waals surface area contributed by atoms with Crippen LogP contribution in [0.4, 0.5) is 4.39 Å². The van der Waals surface area contributed by atoms with Gasteiger partial charge in [-0.05, 0) is 18.2 Å². The Morgan fingerprint density at radius 3 is 2.52 bits per heavy atom. The number of nitrogens with zero attached hydrogens (tertiary/aromatic N) is 2. The van der Waals surface area contributed by atoms with E-state index in [0.29, 0.717) is 27.7 Å². The quantitative estimate of drug-likeness (QED) is 0.738. The van der Waals surface area contributed by atoms with Gasteiger partial charge in [0.25, 0.3) is 0 Å². The summed E-state index contributed by atoms with van der Waals surface area (Å²) >= 11 is 6.16. The Hall–Kier alpha value is -2.27. The first-order chi connectivity index (χ1) is 10.1. The van der Waals surface area contributed by atoms with Crippen molar-refractivity contribution in [3.05, 3.63) is 47.4 Å². The molecule has 108 valence electrons. The second kappa shape index (κ2) is 5.26. The summed E-state index contributed by atoms with van der Waals surface area (Å²) in [5.74, 6) is 0.653. The monoisotopic (exact) mass is 306 g/mol. The van der Waals surface area contributed by atoms with E-state index in [1.807, 2.05) is 0 Å². The molecule has 4 nitrogen and oxygen atoms in total. The summed E-state index contributed by atoms with van der Waals surface area (Å²) in [6.45, 7) is 0. The standard InChI is InChI=1S/C15H12ClFN2O2/c1-20-10-3-4-14(13(17)7-10)19-8-9-5-11(21-2)6-12(16)15(9)18-19/h3-8H,1-2H3. The maximum absolute atomic E-state index is 14.1. The summed E-state index contributed by atoms with van der Waals surface area (Å²) in [6.07, 6.45) is 1.70. The predicted molar refractivity (Wildman–Crippen MR) is 79.1 cm³/mol. The van der Waals surface area contributed by atoms with Gasteiger partial charge in [0.05, 0.1) is 19.2 Å². The molecule has 0 atom stereocenters. The van der Waals surface area contributed by atoms with E-state index in [0.717, 1.165) is 5.39 Å². The summed E-state index contributed by atoms with van der Waals surface area (Å²) in [5.41, 5.74) is 0.912. The highest BCUT2D eigenvalue weighted by Crippen LogP contribution is 2.29. The van der Waals surface area contributed by atoms with Crippen molar-refractivity contribution in [2.45, 2.75) is 0 Å². The molecule has 3 aromatic rings. The smallest absolute Gasteiger partial charge is 0.152 e. The maximum Gasteiger partial charge on any atom is 0.152 e. The Morgan fingerprint density at radius 1 is 1.10 bits per heavy atom. The topological polar surface area (TPSA) is 36.3 Å². The van der Waals surface area contributed by atoms with Crippen molar-refractivity contribution in [1.82, 2.24) is 9.78 Å². The summed E-state index contributed by atoms with van der Waals surface area (Å²) in [4.78, 5) is 0. The summed E-state index contributed by atoms with van der Waals surface area (Å²) in [6, 6.07) is 8.06. The molecule has 0 aliphatic carbocycles. The highest BCUT2D eigenvalue weighted by molar-refractivity contribution is 6.35. The fraction of sp³-hybridized carbons (Fsp3) is 0.133. The number of halogens is 2. The lowest BCUT2D eigenvalue weighted by Crippen LogP contribution is -1.98. The molecule has 0 saturated carbocycles. The second-order valence-electron chi connectivity index (χ2n) is 4.44. The number of hydrogen-bond donors (Lipinski definition) is 0. The number of ether oxygens (including phenoxy) is 2. The molecule has 0 bridgehead atoms. The zero-order chi connectivity index (χ0) is 15.0.